The van der Waals surface area contributed by atoms with E-state index in [1.54, 1.807) is 31.3 Å². The molecule has 0 radical (unpaired) electrons. The Kier molecular flexibility index (Phi) is 5.06. The van der Waals surface area contributed by atoms with Crippen LogP contribution >= 0.6 is 11.3 Å². The molecule has 2 heterocycles. The van der Waals surface area contributed by atoms with Crippen LogP contribution in [0.25, 0.3) is 10.4 Å². The van der Waals surface area contributed by atoms with E-state index in [4.69, 9.17) is 5.41 Å². The molecule has 3 aromatic rings. The number of hydrogen-bond acceptors (Lipinski definition) is 5. The van der Waals surface area contributed by atoms with Crippen LogP contribution in [-0.2, 0) is 10.3 Å². The predicted octanol–water partition coefficient (Wildman–Crippen LogP) is 4.15. The summed E-state index contributed by atoms with van der Waals surface area (Å²) in [6.45, 7) is 1.91. The van der Waals surface area contributed by atoms with Crippen molar-refractivity contribution in [3.63, 3.8) is 0 Å². The molecule has 1 saturated heterocycles. The largest absolute Gasteiger partial charge is 0.345 e. The molecule has 0 unspecified atom stereocenters. The fourth-order valence-electron chi connectivity index (χ4n) is 3.93. The molecule has 152 valence electrons. The summed E-state index contributed by atoms with van der Waals surface area (Å²) in [5.74, 6) is -0.791. The number of rotatable bonds is 3. The van der Waals surface area contributed by atoms with E-state index in [-0.39, 0.29) is 11.9 Å². The lowest BCUT2D eigenvalue weighted by Crippen LogP contribution is -2.62. The number of carbonyl (C=O) groups is 1. The van der Waals surface area contributed by atoms with Crippen molar-refractivity contribution in [3.8, 4) is 22.6 Å². The van der Waals surface area contributed by atoms with Gasteiger partial charge in [-0.05, 0) is 54.4 Å². The van der Waals surface area contributed by atoms with Gasteiger partial charge in [-0.3, -0.25) is 15.1 Å². The molecular weight excluding hydrogens is 406 g/mol. The summed E-state index contributed by atoms with van der Waals surface area (Å²) in [5.41, 5.74) is 1.84. The number of carbonyl (C=O) groups excluding carboxylic acids is 1. The Morgan fingerprint density at radius 1 is 1.06 bits per heavy atom. The second-order valence-electron chi connectivity index (χ2n) is 7.60. The molecule has 31 heavy (non-hydrogen) atoms. The van der Waals surface area contributed by atoms with E-state index >= 15 is 0 Å². The van der Waals surface area contributed by atoms with Gasteiger partial charge in [0, 0.05) is 16.8 Å². The van der Waals surface area contributed by atoms with Crippen LogP contribution in [0.5, 0.6) is 0 Å². The highest BCUT2D eigenvalue weighted by Crippen LogP contribution is 2.45. The Bertz CT molecular complexity index is 1280. The van der Waals surface area contributed by atoms with Crippen LogP contribution in [0, 0.1) is 28.1 Å². The first-order valence-corrected chi connectivity index (χ1v) is 10.4. The zero-order valence-corrected chi connectivity index (χ0v) is 17.8. The molecule has 1 aliphatic heterocycles. The van der Waals surface area contributed by atoms with Gasteiger partial charge in [-0.15, -0.1) is 11.3 Å². The van der Waals surface area contributed by atoms with Crippen LogP contribution in [0.1, 0.15) is 34.4 Å². The van der Waals surface area contributed by atoms with Gasteiger partial charge in [0.25, 0.3) is 0 Å². The van der Waals surface area contributed by atoms with Crippen molar-refractivity contribution < 1.29 is 4.79 Å². The molecule has 0 aliphatic carbocycles. The van der Waals surface area contributed by atoms with Crippen molar-refractivity contribution in [2.45, 2.75) is 18.4 Å². The van der Waals surface area contributed by atoms with Gasteiger partial charge in [0.2, 0.25) is 5.91 Å². The van der Waals surface area contributed by atoms with E-state index in [1.807, 2.05) is 43.3 Å². The summed E-state index contributed by atoms with van der Waals surface area (Å²) in [5, 5.41) is 30.0. The van der Waals surface area contributed by atoms with Gasteiger partial charge in [-0.25, -0.2) is 0 Å². The Morgan fingerprint density at radius 2 is 1.74 bits per heavy atom. The summed E-state index contributed by atoms with van der Waals surface area (Å²) in [7, 11) is 1.58. The summed E-state index contributed by atoms with van der Waals surface area (Å²) < 4.78 is 0. The standard InChI is InChI=1S/C24H19N5OS/c1-24(20-10-9-19(31-20)17-7-3-5-15(11-17)13-25)21(22(30)29(2)23(27)28-24)18-8-4-6-16(12-18)14-26/h3-12,21H,1-2H3,(H2,27,28)/t21-,24+/m0/s1. The fourth-order valence-corrected chi connectivity index (χ4v) is 5.07. The van der Waals surface area contributed by atoms with Gasteiger partial charge in [-0.2, -0.15) is 10.5 Å². The number of hydrogen-bond donors (Lipinski definition) is 2. The second-order valence-corrected chi connectivity index (χ2v) is 8.68. The second kappa shape index (κ2) is 7.71. The lowest BCUT2D eigenvalue weighted by atomic mass is 9.76. The molecule has 6 nitrogen and oxygen atoms in total. The van der Waals surface area contributed by atoms with Crippen LogP contribution in [0.15, 0.2) is 60.7 Å². The van der Waals surface area contributed by atoms with E-state index in [2.05, 4.69) is 17.5 Å². The number of thiophene rings is 1. The van der Waals surface area contributed by atoms with Gasteiger partial charge in [0.15, 0.2) is 5.96 Å². The summed E-state index contributed by atoms with van der Waals surface area (Å²) in [6, 6.07) is 22.7. The SMILES string of the molecule is CN1C(=N)N[C@](C)(c2ccc(-c3cccc(C#N)c3)s2)[C@@H](c2cccc(C#N)c2)C1=O. The minimum absolute atomic E-state index is 0.0293. The number of nitriles is 2. The van der Waals surface area contributed by atoms with Crippen molar-refractivity contribution in [3.05, 3.63) is 82.2 Å². The van der Waals surface area contributed by atoms with Crippen molar-refractivity contribution in [1.82, 2.24) is 10.2 Å². The van der Waals surface area contributed by atoms with Crippen LogP contribution in [0.4, 0.5) is 0 Å². The van der Waals surface area contributed by atoms with E-state index < -0.39 is 11.5 Å². The Balaban J connectivity index is 1.83. The maximum absolute atomic E-state index is 13.3. The average Bonchev–Trinajstić information content (AvgIpc) is 3.29. The number of amides is 1. The zero-order valence-electron chi connectivity index (χ0n) is 17.0. The first kappa shape index (κ1) is 20.3. The highest BCUT2D eigenvalue weighted by molar-refractivity contribution is 7.15. The smallest absolute Gasteiger partial charge is 0.239 e. The fraction of sp³-hybridized carbons (Fsp3) is 0.167. The normalized spacial score (nSPS) is 20.6. The van der Waals surface area contributed by atoms with Crippen LogP contribution in [0.2, 0.25) is 0 Å². The third-order valence-corrected chi connectivity index (χ3v) is 6.98. The molecule has 1 aromatic heterocycles. The molecule has 0 saturated carbocycles. The summed E-state index contributed by atoms with van der Waals surface area (Å²) in [6.07, 6.45) is 0. The van der Waals surface area contributed by atoms with Gasteiger partial charge in [0.1, 0.15) is 0 Å². The molecule has 2 atom stereocenters. The number of nitrogens with one attached hydrogen (secondary N) is 2. The first-order valence-electron chi connectivity index (χ1n) is 9.62. The third kappa shape index (κ3) is 3.46. The maximum atomic E-state index is 13.3. The number of guanidine groups is 1. The van der Waals surface area contributed by atoms with Crippen molar-refractivity contribution in [2.75, 3.05) is 7.05 Å². The summed E-state index contributed by atoms with van der Waals surface area (Å²) >= 11 is 1.52. The van der Waals surface area contributed by atoms with Crippen molar-refractivity contribution in [1.29, 1.82) is 15.9 Å². The monoisotopic (exact) mass is 425 g/mol. The van der Waals surface area contributed by atoms with Crippen molar-refractivity contribution in [2.24, 2.45) is 0 Å². The average molecular weight is 426 g/mol. The molecule has 0 spiro atoms. The third-order valence-electron chi connectivity index (χ3n) is 5.61. The van der Waals surface area contributed by atoms with Gasteiger partial charge < -0.3 is 5.32 Å². The number of benzene rings is 2. The summed E-state index contributed by atoms with van der Waals surface area (Å²) in [4.78, 5) is 16.5. The molecule has 7 heteroatoms. The molecule has 2 aromatic carbocycles. The molecule has 0 bridgehead atoms. The Hall–Kier alpha value is -3.94. The molecule has 1 amide bonds. The Morgan fingerprint density at radius 3 is 2.45 bits per heavy atom. The van der Waals surface area contributed by atoms with Crippen LogP contribution in [-0.4, -0.2) is 23.8 Å². The molecule has 1 fully saturated rings. The molecule has 4 rings (SSSR count). The van der Waals surface area contributed by atoms with E-state index in [0.29, 0.717) is 11.1 Å². The maximum Gasteiger partial charge on any atom is 0.239 e. The van der Waals surface area contributed by atoms with E-state index in [1.165, 1.54) is 16.2 Å². The number of nitrogens with zero attached hydrogens (tertiary/aromatic N) is 3. The van der Waals surface area contributed by atoms with E-state index in [9.17, 15) is 15.3 Å². The van der Waals surface area contributed by atoms with Gasteiger partial charge in [0.05, 0.1) is 34.7 Å². The highest BCUT2D eigenvalue weighted by atomic mass is 32.1. The topological polar surface area (TPSA) is 104 Å². The minimum Gasteiger partial charge on any atom is -0.345 e. The van der Waals surface area contributed by atoms with E-state index in [0.717, 1.165) is 20.9 Å². The number of likely N-dealkylation sites (N-methyl/N-ethyl adjacent to an activating group) is 1. The Labute approximate surface area is 184 Å². The van der Waals surface area contributed by atoms with Crippen LogP contribution < -0.4 is 5.32 Å². The predicted molar refractivity (Wildman–Crippen MR) is 119 cm³/mol. The lowest BCUT2D eigenvalue weighted by Gasteiger charge is -2.45. The van der Waals surface area contributed by atoms with Gasteiger partial charge in [-0.1, -0.05) is 24.3 Å². The molecule has 1 aliphatic rings. The zero-order chi connectivity index (χ0) is 22.2. The van der Waals surface area contributed by atoms with Gasteiger partial charge >= 0.3 is 0 Å². The lowest BCUT2D eigenvalue weighted by molar-refractivity contribution is -0.131. The van der Waals surface area contributed by atoms with Crippen LogP contribution in [0.3, 0.4) is 0 Å². The molecule has 2 N–H and O–H groups in total. The minimum atomic E-state index is -0.871. The van der Waals surface area contributed by atoms with Crippen molar-refractivity contribution >= 4 is 23.2 Å². The highest BCUT2D eigenvalue weighted by Gasteiger charge is 2.49. The first-order chi connectivity index (χ1) is 14.9. The quantitative estimate of drug-likeness (QED) is 0.658. The molecular formula is C24H19N5OS.